The first-order chi connectivity index (χ1) is 11.8. The third kappa shape index (κ3) is 4.77. The molecule has 130 valence electrons. The molecule has 25 heavy (non-hydrogen) atoms. The number of pyridine rings is 1. The second kappa shape index (κ2) is 7.43. The monoisotopic (exact) mass is 352 g/mol. The van der Waals surface area contributed by atoms with Gasteiger partial charge in [0.25, 0.3) is 11.8 Å². The summed E-state index contributed by atoms with van der Waals surface area (Å²) in [5.74, 6) is -3.76. The number of nitrogens with one attached hydrogen (secondary N) is 3. The average Bonchev–Trinajstić information content (AvgIpc) is 2.59. The Hall–Kier alpha value is -3.43. The van der Waals surface area contributed by atoms with Crippen molar-refractivity contribution >= 4 is 23.4 Å². The minimum atomic E-state index is -5.10. The largest absolute Gasteiger partial charge is 0.471 e. The molecule has 0 fully saturated rings. The van der Waals surface area contributed by atoms with E-state index in [1.165, 1.54) is 42.7 Å². The summed E-state index contributed by atoms with van der Waals surface area (Å²) in [7, 11) is 0. The molecule has 0 aliphatic carbocycles. The Bertz CT molecular complexity index is 794. The lowest BCUT2D eigenvalue weighted by Crippen LogP contribution is -2.42. The zero-order chi connectivity index (χ0) is 18.4. The summed E-state index contributed by atoms with van der Waals surface area (Å²) in [5.41, 5.74) is 3.78. The van der Waals surface area contributed by atoms with Gasteiger partial charge >= 0.3 is 12.1 Å². The molecule has 2 rings (SSSR count). The Balaban J connectivity index is 2.07. The molecule has 0 spiro atoms. The molecule has 1 aromatic heterocycles. The van der Waals surface area contributed by atoms with E-state index in [1.54, 1.807) is 5.32 Å². The first-order valence-corrected chi connectivity index (χ1v) is 6.77. The number of amides is 3. The first kappa shape index (κ1) is 17.9. The molecule has 10 heteroatoms. The fourth-order valence-corrected chi connectivity index (χ4v) is 1.74. The van der Waals surface area contributed by atoms with Crippen LogP contribution in [0.1, 0.15) is 20.7 Å². The van der Waals surface area contributed by atoms with Crippen molar-refractivity contribution in [2.45, 2.75) is 6.18 Å². The van der Waals surface area contributed by atoms with E-state index < -0.39 is 23.9 Å². The predicted molar refractivity (Wildman–Crippen MR) is 80.3 cm³/mol. The Morgan fingerprint density at radius 1 is 0.880 bits per heavy atom. The van der Waals surface area contributed by atoms with Crippen LogP contribution in [0.5, 0.6) is 0 Å². The van der Waals surface area contributed by atoms with Crippen molar-refractivity contribution in [1.29, 1.82) is 0 Å². The van der Waals surface area contributed by atoms with Gasteiger partial charge < -0.3 is 5.32 Å². The molecule has 1 heterocycles. The number of halogens is 3. The zero-order valence-electron chi connectivity index (χ0n) is 12.4. The zero-order valence-corrected chi connectivity index (χ0v) is 12.4. The predicted octanol–water partition coefficient (Wildman–Crippen LogP) is 1.66. The first-order valence-electron chi connectivity index (χ1n) is 6.77. The van der Waals surface area contributed by atoms with Crippen molar-refractivity contribution in [3.05, 3.63) is 59.9 Å². The fourth-order valence-electron chi connectivity index (χ4n) is 1.74. The Labute approximate surface area is 139 Å². The highest BCUT2D eigenvalue weighted by atomic mass is 19.4. The van der Waals surface area contributed by atoms with Gasteiger partial charge in [-0.15, -0.1) is 0 Å². The number of benzene rings is 1. The number of nitrogens with zero attached hydrogens (tertiary/aromatic N) is 1. The van der Waals surface area contributed by atoms with Gasteiger partial charge in [0.2, 0.25) is 0 Å². The Morgan fingerprint density at radius 3 is 2.12 bits per heavy atom. The lowest BCUT2D eigenvalue weighted by molar-refractivity contribution is -0.167. The SMILES string of the molecule is O=C(NNC(=O)c1ccccc1NC(=O)C(F)(F)F)c1ccncc1. The maximum Gasteiger partial charge on any atom is 0.471 e. The maximum atomic E-state index is 12.3. The number of para-hydroxylation sites is 1. The van der Waals surface area contributed by atoms with Gasteiger partial charge in [0.05, 0.1) is 11.3 Å². The molecule has 2 aromatic rings. The molecule has 0 aliphatic heterocycles. The van der Waals surface area contributed by atoms with Crippen molar-refractivity contribution in [2.75, 3.05) is 5.32 Å². The summed E-state index contributed by atoms with van der Waals surface area (Å²) in [4.78, 5) is 38.6. The molecular weight excluding hydrogens is 341 g/mol. The summed E-state index contributed by atoms with van der Waals surface area (Å²) in [5, 5.41) is 1.60. The van der Waals surface area contributed by atoms with Crippen LogP contribution in [0, 0.1) is 0 Å². The number of rotatable bonds is 3. The van der Waals surface area contributed by atoms with E-state index in [2.05, 4.69) is 15.8 Å². The third-order valence-electron chi connectivity index (χ3n) is 2.91. The minimum absolute atomic E-state index is 0.217. The number of carbonyl (C=O) groups excluding carboxylic acids is 3. The standard InChI is InChI=1S/C15H11F3N4O3/c16-15(17,18)14(25)20-11-4-2-1-3-10(11)13(24)22-21-12(23)9-5-7-19-8-6-9/h1-8H,(H,20,25)(H,21,23)(H,22,24). The number of alkyl halides is 3. The smallest absolute Gasteiger partial charge is 0.317 e. The third-order valence-corrected chi connectivity index (χ3v) is 2.91. The van der Waals surface area contributed by atoms with Crippen LogP contribution in [-0.4, -0.2) is 28.9 Å². The lowest BCUT2D eigenvalue weighted by atomic mass is 10.1. The van der Waals surface area contributed by atoms with Gasteiger partial charge in [-0.05, 0) is 24.3 Å². The minimum Gasteiger partial charge on any atom is -0.317 e. The number of hydrazine groups is 1. The molecule has 3 N–H and O–H groups in total. The summed E-state index contributed by atoms with van der Waals surface area (Å²) >= 11 is 0. The molecule has 3 amide bonds. The fraction of sp³-hybridized carbons (Fsp3) is 0.0667. The van der Waals surface area contributed by atoms with Gasteiger partial charge in [-0.3, -0.25) is 30.2 Å². The van der Waals surface area contributed by atoms with E-state index in [0.717, 1.165) is 6.07 Å². The molecule has 7 nitrogen and oxygen atoms in total. The van der Waals surface area contributed by atoms with Gasteiger partial charge in [-0.25, -0.2) is 0 Å². The molecule has 0 radical (unpaired) electrons. The van der Waals surface area contributed by atoms with Crippen LogP contribution < -0.4 is 16.2 Å². The molecule has 0 saturated carbocycles. The summed E-state index contributed by atoms with van der Waals surface area (Å²) in [6.07, 6.45) is -2.35. The Kier molecular flexibility index (Phi) is 5.32. The van der Waals surface area contributed by atoms with Crippen molar-refractivity contribution in [3.63, 3.8) is 0 Å². The van der Waals surface area contributed by atoms with Crippen LogP contribution in [0.2, 0.25) is 0 Å². The number of hydrogen-bond acceptors (Lipinski definition) is 4. The Morgan fingerprint density at radius 2 is 1.48 bits per heavy atom. The van der Waals surface area contributed by atoms with E-state index in [4.69, 9.17) is 0 Å². The summed E-state index contributed by atoms with van der Waals surface area (Å²) in [6.45, 7) is 0. The van der Waals surface area contributed by atoms with Crippen molar-refractivity contribution in [2.24, 2.45) is 0 Å². The number of aromatic nitrogens is 1. The summed E-state index contributed by atoms with van der Waals surface area (Å²) < 4.78 is 37.0. The topological polar surface area (TPSA) is 100 Å². The van der Waals surface area contributed by atoms with Crippen molar-refractivity contribution in [1.82, 2.24) is 15.8 Å². The molecular formula is C15H11F3N4O3. The van der Waals surface area contributed by atoms with Crippen molar-refractivity contribution < 1.29 is 27.6 Å². The van der Waals surface area contributed by atoms with Gasteiger partial charge in [0, 0.05) is 18.0 Å². The highest BCUT2D eigenvalue weighted by molar-refractivity contribution is 6.05. The second-order valence-electron chi connectivity index (χ2n) is 4.64. The van der Waals surface area contributed by atoms with Crippen LogP contribution >= 0.6 is 0 Å². The van der Waals surface area contributed by atoms with Crippen LogP contribution in [-0.2, 0) is 4.79 Å². The average molecular weight is 352 g/mol. The van der Waals surface area contributed by atoms with E-state index in [1.807, 2.05) is 0 Å². The van der Waals surface area contributed by atoms with Crippen LogP contribution in [0.15, 0.2) is 48.8 Å². The highest BCUT2D eigenvalue weighted by Crippen LogP contribution is 2.20. The van der Waals surface area contributed by atoms with Gasteiger partial charge in [0.15, 0.2) is 0 Å². The lowest BCUT2D eigenvalue weighted by Gasteiger charge is -2.13. The number of hydrogen-bond donors (Lipinski definition) is 3. The molecule has 0 aliphatic rings. The van der Waals surface area contributed by atoms with Gasteiger partial charge in [0.1, 0.15) is 0 Å². The number of anilines is 1. The van der Waals surface area contributed by atoms with Crippen LogP contribution in [0.3, 0.4) is 0 Å². The van der Waals surface area contributed by atoms with E-state index in [0.29, 0.717) is 0 Å². The molecule has 0 unspecified atom stereocenters. The molecule has 1 aromatic carbocycles. The molecule has 0 saturated heterocycles. The van der Waals surface area contributed by atoms with Gasteiger partial charge in [-0.1, -0.05) is 12.1 Å². The van der Waals surface area contributed by atoms with Crippen molar-refractivity contribution in [3.8, 4) is 0 Å². The van der Waals surface area contributed by atoms with Crippen LogP contribution in [0.4, 0.5) is 18.9 Å². The maximum absolute atomic E-state index is 12.3. The second-order valence-corrected chi connectivity index (χ2v) is 4.64. The molecule has 0 atom stereocenters. The highest BCUT2D eigenvalue weighted by Gasteiger charge is 2.39. The number of carbonyl (C=O) groups is 3. The quantitative estimate of drug-likeness (QED) is 0.732. The normalized spacial score (nSPS) is 10.7. The van der Waals surface area contributed by atoms with Gasteiger partial charge in [-0.2, -0.15) is 13.2 Å². The summed E-state index contributed by atoms with van der Waals surface area (Å²) in [6, 6.07) is 7.86. The molecule has 0 bridgehead atoms. The van der Waals surface area contributed by atoms with Crippen LogP contribution in [0.25, 0.3) is 0 Å². The van der Waals surface area contributed by atoms with E-state index >= 15 is 0 Å². The van der Waals surface area contributed by atoms with E-state index in [9.17, 15) is 27.6 Å². The van der Waals surface area contributed by atoms with E-state index in [-0.39, 0.29) is 16.8 Å².